The number of carbonyl (C=O) groups excluding carboxylic acids is 1. The third-order valence-corrected chi connectivity index (χ3v) is 2.21. The molecule has 0 aromatic heterocycles. The molecule has 0 bridgehead atoms. The summed E-state index contributed by atoms with van der Waals surface area (Å²) in [6.07, 6.45) is -10.7. The average Bonchev–Trinajstić information content (AvgIpc) is 2.24. The van der Waals surface area contributed by atoms with E-state index in [9.17, 15) is 31.1 Å². The topological polar surface area (TPSA) is 26.3 Å². The predicted molar refractivity (Wildman–Crippen MR) is 57.0 cm³/mol. The first kappa shape index (κ1) is 16.3. The van der Waals surface area contributed by atoms with Gasteiger partial charge in [-0.25, -0.2) is 4.79 Å². The monoisotopic (exact) mass is 300 g/mol. The molecule has 0 unspecified atom stereocenters. The van der Waals surface area contributed by atoms with Crippen molar-refractivity contribution < 1.29 is 35.9 Å². The van der Waals surface area contributed by atoms with Gasteiger partial charge in [0.1, 0.15) is 0 Å². The van der Waals surface area contributed by atoms with Crippen molar-refractivity contribution in [1.29, 1.82) is 0 Å². The van der Waals surface area contributed by atoms with Crippen molar-refractivity contribution in [3.05, 3.63) is 34.9 Å². The van der Waals surface area contributed by atoms with Crippen LogP contribution in [0.5, 0.6) is 0 Å². The Bertz CT molecular complexity index is 502. The first-order chi connectivity index (χ1) is 8.93. The summed E-state index contributed by atoms with van der Waals surface area (Å²) in [5.74, 6) is -1.32. The number of alkyl halides is 6. The fourth-order valence-corrected chi connectivity index (χ4v) is 1.41. The third-order valence-electron chi connectivity index (χ3n) is 2.21. The number of ether oxygens (including phenoxy) is 1. The van der Waals surface area contributed by atoms with Gasteiger partial charge in [-0.2, -0.15) is 26.3 Å². The largest absolute Gasteiger partial charge is 0.459 e. The smallest absolute Gasteiger partial charge is 0.417 e. The van der Waals surface area contributed by atoms with E-state index < -0.39 is 41.1 Å². The molecule has 1 rings (SSSR count). The molecule has 0 aliphatic rings. The molecule has 0 saturated heterocycles. The molecule has 0 spiro atoms. The highest BCUT2D eigenvalue weighted by molar-refractivity contribution is 5.91. The second-order valence-electron chi connectivity index (χ2n) is 4.21. The number of benzene rings is 1. The van der Waals surface area contributed by atoms with E-state index >= 15 is 0 Å². The van der Waals surface area contributed by atoms with Crippen molar-refractivity contribution >= 4 is 5.97 Å². The second-order valence-corrected chi connectivity index (χ2v) is 4.21. The first-order valence-corrected chi connectivity index (χ1v) is 5.42. The summed E-state index contributed by atoms with van der Waals surface area (Å²) in [5, 5.41) is 0. The molecule has 1 aromatic rings. The highest BCUT2D eigenvalue weighted by Gasteiger charge is 2.39. The van der Waals surface area contributed by atoms with Crippen LogP contribution in [-0.2, 0) is 17.1 Å². The molecule has 0 aliphatic carbocycles. The van der Waals surface area contributed by atoms with Crippen molar-refractivity contribution in [2.75, 3.05) is 0 Å². The van der Waals surface area contributed by atoms with Crippen molar-refractivity contribution in [2.45, 2.75) is 32.3 Å². The van der Waals surface area contributed by atoms with Crippen LogP contribution in [0.25, 0.3) is 0 Å². The maximum Gasteiger partial charge on any atom is 0.417 e. The lowest BCUT2D eigenvalue weighted by Crippen LogP contribution is -2.19. The lowest BCUT2D eigenvalue weighted by Gasteiger charge is -2.16. The third kappa shape index (κ3) is 3.88. The highest BCUT2D eigenvalue weighted by Crippen LogP contribution is 2.37. The van der Waals surface area contributed by atoms with Crippen LogP contribution >= 0.6 is 0 Å². The predicted octanol–water partition coefficient (Wildman–Crippen LogP) is 4.29. The Kier molecular flexibility index (Phi) is 4.36. The number of halogens is 6. The molecule has 0 atom stereocenters. The van der Waals surface area contributed by atoms with E-state index in [1.54, 1.807) is 0 Å². The zero-order chi connectivity index (χ0) is 15.7. The van der Waals surface area contributed by atoms with E-state index in [1.165, 1.54) is 13.8 Å². The van der Waals surface area contributed by atoms with Gasteiger partial charge in [0.05, 0.1) is 22.8 Å². The Hall–Kier alpha value is -1.73. The lowest BCUT2D eigenvalue weighted by atomic mass is 10.0. The van der Waals surface area contributed by atoms with Crippen LogP contribution in [0.1, 0.15) is 35.3 Å². The number of hydrogen-bond acceptors (Lipinski definition) is 2. The van der Waals surface area contributed by atoms with Gasteiger partial charge in [0.25, 0.3) is 0 Å². The molecule has 0 saturated carbocycles. The molecule has 0 radical (unpaired) electrons. The Morgan fingerprint density at radius 3 is 2.00 bits per heavy atom. The summed E-state index contributed by atoms with van der Waals surface area (Å²) in [4.78, 5) is 11.5. The Balaban J connectivity index is 3.36. The van der Waals surface area contributed by atoms with E-state index in [0.717, 1.165) is 0 Å². The lowest BCUT2D eigenvalue weighted by molar-refractivity contribution is -0.143. The minimum atomic E-state index is -5.09. The zero-order valence-electron chi connectivity index (χ0n) is 10.4. The summed E-state index contributed by atoms with van der Waals surface area (Å²) >= 11 is 0. The zero-order valence-corrected chi connectivity index (χ0v) is 10.4. The Morgan fingerprint density at radius 2 is 1.60 bits per heavy atom. The van der Waals surface area contributed by atoms with Gasteiger partial charge in [0.15, 0.2) is 0 Å². The van der Waals surface area contributed by atoms with Crippen molar-refractivity contribution in [1.82, 2.24) is 0 Å². The highest BCUT2D eigenvalue weighted by atomic mass is 19.4. The Morgan fingerprint density at radius 1 is 1.05 bits per heavy atom. The number of rotatable bonds is 2. The summed E-state index contributed by atoms with van der Waals surface area (Å²) in [7, 11) is 0. The van der Waals surface area contributed by atoms with Gasteiger partial charge in [-0.15, -0.1) is 0 Å². The van der Waals surface area contributed by atoms with Crippen molar-refractivity contribution in [2.24, 2.45) is 0 Å². The number of hydrogen-bond donors (Lipinski definition) is 0. The molecule has 0 fully saturated rings. The molecule has 8 heteroatoms. The normalized spacial score (nSPS) is 12.7. The first-order valence-electron chi connectivity index (χ1n) is 5.42. The van der Waals surface area contributed by atoms with E-state index in [2.05, 4.69) is 4.74 Å². The number of carbonyl (C=O) groups is 1. The van der Waals surface area contributed by atoms with Crippen LogP contribution in [0.3, 0.4) is 0 Å². The van der Waals surface area contributed by atoms with E-state index in [1.807, 2.05) is 0 Å². The number of esters is 1. The molecule has 1 aromatic carbocycles. The standard InChI is InChI=1S/C12H10F6O2/c1-6(2)20-10(19)8-4-3-7(11(13,14)15)5-9(8)12(16,17)18/h3-6H,1-2H3. The molecule has 0 aliphatic heterocycles. The van der Waals surface area contributed by atoms with Crippen molar-refractivity contribution in [3.63, 3.8) is 0 Å². The van der Waals surface area contributed by atoms with Gasteiger partial charge < -0.3 is 4.74 Å². The van der Waals surface area contributed by atoms with Gasteiger partial charge >= 0.3 is 18.3 Å². The van der Waals surface area contributed by atoms with Gasteiger partial charge in [0.2, 0.25) is 0 Å². The minimum absolute atomic E-state index is 0.100. The van der Waals surface area contributed by atoms with E-state index in [0.29, 0.717) is 12.1 Å². The van der Waals surface area contributed by atoms with E-state index in [-0.39, 0.29) is 6.07 Å². The second kappa shape index (κ2) is 5.34. The molecule has 0 amide bonds. The summed E-state index contributed by atoms with van der Waals surface area (Å²) in [5.41, 5.74) is -4.09. The quantitative estimate of drug-likeness (QED) is 0.601. The molecular weight excluding hydrogens is 290 g/mol. The average molecular weight is 300 g/mol. The maximum absolute atomic E-state index is 12.7. The van der Waals surface area contributed by atoms with Crippen LogP contribution in [0.2, 0.25) is 0 Å². The summed E-state index contributed by atoms with van der Waals surface area (Å²) < 4.78 is 80.0. The van der Waals surface area contributed by atoms with Crippen LogP contribution in [0.15, 0.2) is 18.2 Å². The van der Waals surface area contributed by atoms with Crippen LogP contribution in [-0.4, -0.2) is 12.1 Å². The molecule has 0 N–H and O–H groups in total. The SMILES string of the molecule is CC(C)OC(=O)c1ccc(C(F)(F)F)cc1C(F)(F)F. The van der Waals surface area contributed by atoms with Crippen LogP contribution < -0.4 is 0 Å². The van der Waals surface area contributed by atoms with Crippen molar-refractivity contribution in [3.8, 4) is 0 Å². The van der Waals surface area contributed by atoms with Gasteiger partial charge in [-0.3, -0.25) is 0 Å². The maximum atomic E-state index is 12.7. The van der Waals surface area contributed by atoms with Crippen LogP contribution in [0.4, 0.5) is 26.3 Å². The molecule has 2 nitrogen and oxygen atoms in total. The minimum Gasteiger partial charge on any atom is -0.459 e. The summed E-state index contributed by atoms with van der Waals surface area (Å²) in [6, 6.07) is 0.777. The van der Waals surface area contributed by atoms with Crippen LogP contribution in [0, 0.1) is 0 Å². The molecular formula is C12H10F6O2. The van der Waals surface area contributed by atoms with Gasteiger partial charge in [-0.1, -0.05) is 0 Å². The summed E-state index contributed by atoms with van der Waals surface area (Å²) in [6.45, 7) is 2.82. The van der Waals surface area contributed by atoms with Gasteiger partial charge in [-0.05, 0) is 32.0 Å². The Labute approximate surface area is 110 Å². The van der Waals surface area contributed by atoms with Gasteiger partial charge in [0, 0.05) is 0 Å². The fourth-order valence-electron chi connectivity index (χ4n) is 1.41. The molecule has 112 valence electrons. The molecule has 20 heavy (non-hydrogen) atoms. The van der Waals surface area contributed by atoms with E-state index in [4.69, 9.17) is 0 Å². The molecule has 0 heterocycles. The fraction of sp³-hybridized carbons (Fsp3) is 0.417.